The molecule has 0 saturated carbocycles. The summed E-state index contributed by atoms with van der Waals surface area (Å²) in [6, 6.07) is 5.72. The van der Waals surface area contributed by atoms with E-state index in [4.69, 9.17) is 9.44 Å². The topological polar surface area (TPSA) is 53.3 Å². The van der Waals surface area contributed by atoms with Gasteiger partial charge in [-0.1, -0.05) is 0 Å². The first-order valence-electron chi connectivity index (χ1n) is 4.72. The molecule has 0 aliphatic heterocycles. The number of nitriles is 1. The van der Waals surface area contributed by atoms with Gasteiger partial charge in [0.2, 0.25) is 0 Å². The minimum absolute atomic E-state index is 0.496. The largest absolute Gasteiger partial charge is 0.277 e. The van der Waals surface area contributed by atoms with Crippen molar-refractivity contribution in [1.82, 2.24) is 0 Å². The zero-order valence-corrected chi connectivity index (χ0v) is 10.6. The molecule has 1 atom stereocenters. The highest BCUT2D eigenvalue weighted by Gasteiger charge is 2.14. The second-order valence-corrected chi connectivity index (χ2v) is 4.76. The van der Waals surface area contributed by atoms with Gasteiger partial charge >= 0.3 is 0 Å². The van der Waals surface area contributed by atoms with Crippen LogP contribution in [0.2, 0.25) is 0 Å². The first-order valence-corrected chi connectivity index (χ1v) is 5.76. The number of nitrogens with zero attached hydrogens (tertiary/aromatic N) is 2. The molecular weight excluding hydrogens is 224 g/mol. The fraction of sp³-hybridized carbons (Fsp3) is 0.364. The number of hydrogen-bond donors (Lipinski definition) is 0. The third-order valence-corrected chi connectivity index (χ3v) is 3.37. The molecular formula is C11H14N2O2S. The van der Waals surface area contributed by atoms with E-state index in [1.165, 1.54) is 11.4 Å². The first kappa shape index (κ1) is 12.7. The van der Waals surface area contributed by atoms with E-state index in [1.54, 1.807) is 13.1 Å². The van der Waals surface area contributed by atoms with Crippen molar-refractivity contribution in [3.05, 3.63) is 28.8 Å². The van der Waals surface area contributed by atoms with Gasteiger partial charge < -0.3 is 0 Å². The molecule has 0 aliphatic carbocycles. The molecule has 0 fully saturated rings. The summed E-state index contributed by atoms with van der Waals surface area (Å²) in [6.45, 7) is 3.89. The van der Waals surface area contributed by atoms with Crippen molar-refractivity contribution in [2.75, 3.05) is 18.5 Å². The van der Waals surface area contributed by atoms with Gasteiger partial charge in [0, 0.05) is 7.05 Å². The molecule has 0 N–H and O–H groups in total. The number of hydrogen-bond acceptors (Lipinski definition) is 3. The summed E-state index contributed by atoms with van der Waals surface area (Å²) in [6.07, 6.45) is 0. The molecule has 0 saturated heterocycles. The number of benzene rings is 1. The van der Waals surface area contributed by atoms with Gasteiger partial charge in [-0.2, -0.15) is 5.26 Å². The number of anilines is 1. The molecule has 1 aromatic rings. The Hall–Kier alpha value is -1.38. The molecule has 0 radical (unpaired) electrons. The van der Waals surface area contributed by atoms with E-state index in [9.17, 15) is 4.21 Å². The van der Waals surface area contributed by atoms with Gasteiger partial charge in [0.05, 0.1) is 18.4 Å². The molecule has 86 valence electrons. The summed E-state index contributed by atoms with van der Waals surface area (Å²) in [5, 5.41) is 9.02. The van der Waals surface area contributed by atoms with E-state index in [-0.39, 0.29) is 0 Å². The lowest BCUT2D eigenvalue weighted by molar-refractivity contribution is 0.444. The van der Waals surface area contributed by atoms with Gasteiger partial charge in [0.1, 0.15) is 6.07 Å². The Balaban J connectivity index is 3.28. The summed E-state index contributed by atoms with van der Waals surface area (Å²) in [5.74, 6) is 0. The summed E-state index contributed by atoms with van der Waals surface area (Å²) in [7, 11) is 2.99. The van der Waals surface area contributed by atoms with E-state index < -0.39 is 11.3 Å². The van der Waals surface area contributed by atoms with Crippen LogP contribution < -0.4 is 4.31 Å². The van der Waals surface area contributed by atoms with Gasteiger partial charge in [-0.3, -0.25) is 8.49 Å². The van der Waals surface area contributed by atoms with E-state index in [0.717, 1.165) is 11.1 Å². The van der Waals surface area contributed by atoms with Crippen LogP contribution in [0.3, 0.4) is 0 Å². The standard InChI is InChI=1S/C11H14N2O2S/c1-8-5-10(7-12)11(6-9(8)2)13(3)16(14)15-4/h5-6H,1-4H3. The summed E-state index contributed by atoms with van der Waals surface area (Å²) < 4.78 is 17.6. The van der Waals surface area contributed by atoms with Crippen LogP contribution in [0.4, 0.5) is 5.69 Å². The van der Waals surface area contributed by atoms with E-state index >= 15 is 0 Å². The van der Waals surface area contributed by atoms with Gasteiger partial charge in [-0.05, 0) is 37.1 Å². The fourth-order valence-corrected chi connectivity index (χ4v) is 1.88. The normalized spacial score (nSPS) is 11.9. The van der Waals surface area contributed by atoms with Crippen LogP contribution in [0.1, 0.15) is 16.7 Å². The van der Waals surface area contributed by atoms with Crippen LogP contribution >= 0.6 is 0 Å². The van der Waals surface area contributed by atoms with Crippen LogP contribution in [-0.4, -0.2) is 18.4 Å². The third kappa shape index (κ3) is 2.40. The van der Waals surface area contributed by atoms with E-state index in [1.807, 2.05) is 19.9 Å². The molecule has 0 aliphatic rings. The molecule has 5 heteroatoms. The van der Waals surface area contributed by atoms with Crippen LogP contribution in [-0.2, 0) is 15.4 Å². The molecule has 0 bridgehead atoms. The minimum Gasteiger partial charge on any atom is -0.277 e. The Bertz CT molecular complexity index is 466. The highest BCUT2D eigenvalue weighted by molar-refractivity contribution is 7.81. The second-order valence-electron chi connectivity index (χ2n) is 3.45. The lowest BCUT2D eigenvalue weighted by atomic mass is 10.0. The van der Waals surface area contributed by atoms with Crippen molar-refractivity contribution < 1.29 is 8.39 Å². The predicted molar refractivity (Wildman–Crippen MR) is 64.2 cm³/mol. The van der Waals surface area contributed by atoms with Crippen molar-refractivity contribution in [2.24, 2.45) is 0 Å². The number of rotatable bonds is 3. The molecule has 16 heavy (non-hydrogen) atoms. The lowest BCUT2D eigenvalue weighted by Crippen LogP contribution is -2.22. The van der Waals surface area contributed by atoms with Crippen molar-refractivity contribution >= 4 is 17.0 Å². The Morgan fingerprint density at radius 1 is 1.38 bits per heavy atom. The van der Waals surface area contributed by atoms with Crippen molar-refractivity contribution in [3.63, 3.8) is 0 Å². The zero-order chi connectivity index (χ0) is 12.3. The molecule has 1 rings (SSSR count). The van der Waals surface area contributed by atoms with Crippen LogP contribution in [0, 0.1) is 25.2 Å². The van der Waals surface area contributed by atoms with Gasteiger partial charge in [0.15, 0.2) is 0 Å². The zero-order valence-electron chi connectivity index (χ0n) is 9.77. The van der Waals surface area contributed by atoms with Crippen molar-refractivity contribution in [1.29, 1.82) is 5.26 Å². The Kier molecular flexibility index (Phi) is 4.05. The third-order valence-electron chi connectivity index (χ3n) is 2.44. The number of aryl methyl sites for hydroxylation is 2. The lowest BCUT2D eigenvalue weighted by Gasteiger charge is -2.18. The van der Waals surface area contributed by atoms with E-state index in [2.05, 4.69) is 6.07 Å². The summed E-state index contributed by atoms with van der Waals surface area (Å²) in [4.78, 5) is 0. The molecule has 1 unspecified atom stereocenters. The van der Waals surface area contributed by atoms with Gasteiger partial charge in [-0.15, -0.1) is 0 Å². The molecule has 0 heterocycles. The summed E-state index contributed by atoms with van der Waals surface area (Å²) in [5.41, 5.74) is 3.20. The average Bonchev–Trinajstić information content (AvgIpc) is 2.30. The van der Waals surface area contributed by atoms with Crippen LogP contribution in [0.5, 0.6) is 0 Å². The Morgan fingerprint density at radius 3 is 2.44 bits per heavy atom. The fourth-order valence-electron chi connectivity index (χ4n) is 1.34. The second kappa shape index (κ2) is 5.10. The smallest absolute Gasteiger partial charge is 0.264 e. The maximum Gasteiger partial charge on any atom is 0.264 e. The van der Waals surface area contributed by atoms with Crippen molar-refractivity contribution in [3.8, 4) is 6.07 Å². The van der Waals surface area contributed by atoms with Crippen molar-refractivity contribution in [2.45, 2.75) is 13.8 Å². The SMILES string of the molecule is COS(=O)N(C)c1cc(C)c(C)cc1C#N. The first-order chi connectivity index (χ1) is 7.51. The predicted octanol–water partition coefficient (Wildman–Crippen LogP) is 1.84. The highest BCUT2D eigenvalue weighted by Crippen LogP contribution is 2.24. The maximum absolute atomic E-state index is 11.5. The quantitative estimate of drug-likeness (QED) is 0.807. The molecule has 0 aromatic heterocycles. The maximum atomic E-state index is 11.5. The monoisotopic (exact) mass is 238 g/mol. The molecule has 1 aromatic carbocycles. The van der Waals surface area contributed by atoms with E-state index in [0.29, 0.717) is 11.3 Å². The average molecular weight is 238 g/mol. The summed E-state index contributed by atoms with van der Waals surface area (Å²) >= 11 is -1.57. The van der Waals surface area contributed by atoms with Gasteiger partial charge in [0.25, 0.3) is 11.3 Å². The Labute approximate surface area is 98.2 Å². The Morgan fingerprint density at radius 2 is 1.94 bits per heavy atom. The highest BCUT2D eigenvalue weighted by atomic mass is 32.2. The molecule has 0 spiro atoms. The minimum atomic E-state index is -1.57. The van der Waals surface area contributed by atoms with Crippen LogP contribution in [0.25, 0.3) is 0 Å². The van der Waals surface area contributed by atoms with Gasteiger partial charge in [-0.25, -0.2) is 4.21 Å². The molecule has 0 amide bonds. The van der Waals surface area contributed by atoms with Crippen LogP contribution in [0.15, 0.2) is 12.1 Å². The molecule has 4 nitrogen and oxygen atoms in total.